The number of likely N-dealkylation sites (tertiary alicyclic amines) is 1. The monoisotopic (exact) mass is 298 g/mol. The molecule has 0 aromatic rings. The average Bonchev–Trinajstić information content (AvgIpc) is 3.04. The van der Waals surface area contributed by atoms with Crippen molar-refractivity contribution in [3.63, 3.8) is 0 Å². The van der Waals surface area contributed by atoms with Gasteiger partial charge in [-0.1, -0.05) is 6.92 Å². The van der Waals surface area contributed by atoms with Crippen molar-refractivity contribution < 1.29 is 24.2 Å². The van der Waals surface area contributed by atoms with Gasteiger partial charge in [0.15, 0.2) is 0 Å². The van der Waals surface area contributed by atoms with Crippen LogP contribution in [0, 0.1) is 17.8 Å². The number of nitrogens with zero attached hydrogens (tertiary/aromatic N) is 1. The predicted molar refractivity (Wildman–Crippen MR) is 73.5 cm³/mol. The second kappa shape index (κ2) is 6.32. The summed E-state index contributed by atoms with van der Waals surface area (Å²) in [7, 11) is 1.35. The number of hydrogen-bond acceptors (Lipinski definition) is 4. The topological polar surface area (TPSA) is 95.9 Å². The van der Waals surface area contributed by atoms with Gasteiger partial charge in [0, 0.05) is 19.1 Å². The second-order valence-corrected chi connectivity index (χ2v) is 6.01. The van der Waals surface area contributed by atoms with Crippen LogP contribution in [0.25, 0.3) is 0 Å². The molecule has 2 amide bonds. The molecule has 4 atom stereocenters. The van der Waals surface area contributed by atoms with Crippen LogP contribution in [0.15, 0.2) is 0 Å². The van der Waals surface area contributed by atoms with E-state index in [-0.39, 0.29) is 35.8 Å². The van der Waals surface area contributed by atoms with Crippen molar-refractivity contribution in [3.05, 3.63) is 0 Å². The van der Waals surface area contributed by atoms with Gasteiger partial charge in [-0.2, -0.15) is 0 Å². The van der Waals surface area contributed by atoms with Gasteiger partial charge in [0.25, 0.3) is 0 Å². The van der Waals surface area contributed by atoms with Crippen LogP contribution < -0.4 is 5.32 Å². The zero-order chi connectivity index (χ0) is 15.6. The Kier molecular flexibility index (Phi) is 4.69. The predicted octanol–water partition coefficient (Wildman–Crippen LogP) is 0.690. The Morgan fingerprint density at radius 3 is 2.52 bits per heavy atom. The Hall–Kier alpha value is -1.79. The lowest BCUT2D eigenvalue weighted by molar-refractivity contribution is -0.146. The van der Waals surface area contributed by atoms with Gasteiger partial charge >= 0.3 is 18.0 Å². The summed E-state index contributed by atoms with van der Waals surface area (Å²) in [6.45, 7) is 2.79. The number of carboxylic acid groups (broad SMARTS) is 1. The minimum atomic E-state index is -0.799. The fourth-order valence-electron chi connectivity index (χ4n) is 3.19. The lowest BCUT2D eigenvalue weighted by Gasteiger charge is -2.20. The highest BCUT2D eigenvalue weighted by Crippen LogP contribution is 2.27. The number of carbonyl (C=O) groups excluding carboxylic acids is 2. The molecule has 1 heterocycles. The Bertz CT molecular complexity index is 439. The number of hydrogen-bond donors (Lipinski definition) is 2. The molecule has 0 aromatic heterocycles. The Labute approximate surface area is 123 Å². The number of carboxylic acids is 1. The molecule has 1 aliphatic carbocycles. The molecule has 2 unspecified atom stereocenters. The number of ether oxygens (including phenoxy) is 1. The molecule has 1 saturated carbocycles. The highest BCUT2D eigenvalue weighted by Gasteiger charge is 2.39. The number of esters is 1. The number of rotatable bonds is 3. The highest BCUT2D eigenvalue weighted by atomic mass is 16.5. The minimum Gasteiger partial charge on any atom is -0.481 e. The van der Waals surface area contributed by atoms with E-state index < -0.39 is 5.97 Å². The summed E-state index contributed by atoms with van der Waals surface area (Å²) < 4.78 is 4.74. The van der Waals surface area contributed by atoms with E-state index in [2.05, 4.69) is 5.32 Å². The third-order valence-electron chi connectivity index (χ3n) is 4.51. The maximum atomic E-state index is 12.2. The van der Waals surface area contributed by atoms with Crippen LogP contribution in [0.4, 0.5) is 4.79 Å². The van der Waals surface area contributed by atoms with Crippen LogP contribution in [-0.4, -0.2) is 54.2 Å². The van der Waals surface area contributed by atoms with Crippen molar-refractivity contribution in [1.29, 1.82) is 0 Å². The lowest BCUT2D eigenvalue weighted by Crippen LogP contribution is -2.43. The molecular formula is C14H22N2O5. The second-order valence-electron chi connectivity index (χ2n) is 6.01. The van der Waals surface area contributed by atoms with E-state index >= 15 is 0 Å². The van der Waals surface area contributed by atoms with E-state index in [0.29, 0.717) is 32.4 Å². The summed E-state index contributed by atoms with van der Waals surface area (Å²) in [4.78, 5) is 36.3. The van der Waals surface area contributed by atoms with E-state index in [1.54, 1.807) is 4.90 Å². The van der Waals surface area contributed by atoms with Gasteiger partial charge in [0.2, 0.25) is 0 Å². The van der Waals surface area contributed by atoms with Crippen LogP contribution in [-0.2, 0) is 14.3 Å². The summed E-state index contributed by atoms with van der Waals surface area (Å²) in [6, 6.07) is -0.310. The lowest BCUT2D eigenvalue weighted by atomic mass is 9.99. The van der Waals surface area contributed by atoms with E-state index in [1.165, 1.54) is 7.11 Å². The van der Waals surface area contributed by atoms with Gasteiger partial charge in [-0.3, -0.25) is 9.59 Å². The quantitative estimate of drug-likeness (QED) is 0.747. The van der Waals surface area contributed by atoms with Crippen molar-refractivity contribution in [2.45, 2.75) is 32.2 Å². The fraction of sp³-hybridized carbons (Fsp3) is 0.786. The van der Waals surface area contributed by atoms with Crippen LogP contribution in [0.5, 0.6) is 0 Å². The van der Waals surface area contributed by atoms with Crippen molar-refractivity contribution in [2.24, 2.45) is 17.8 Å². The van der Waals surface area contributed by atoms with Gasteiger partial charge in [0.1, 0.15) is 0 Å². The molecule has 0 bridgehead atoms. The van der Waals surface area contributed by atoms with Crippen LogP contribution >= 0.6 is 0 Å². The number of amides is 2. The van der Waals surface area contributed by atoms with E-state index in [9.17, 15) is 14.4 Å². The summed E-state index contributed by atoms with van der Waals surface area (Å²) in [5.41, 5.74) is 0. The van der Waals surface area contributed by atoms with E-state index in [0.717, 1.165) is 0 Å². The van der Waals surface area contributed by atoms with Crippen LogP contribution in [0.3, 0.4) is 0 Å². The number of aliphatic carboxylic acids is 1. The average molecular weight is 298 g/mol. The largest absolute Gasteiger partial charge is 0.481 e. The zero-order valence-corrected chi connectivity index (χ0v) is 12.4. The van der Waals surface area contributed by atoms with Crippen LogP contribution in [0.2, 0.25) is 0 Å². The normalized spacial score (nSPS) is 32.0. The molecule has 1 saturated heterocycles. The first-order valence-corrected chi connectivity index (χ1v) is 7.28. The molecule has 2 N–H and O–H groups in total. The summed E-state index contributed by atoms with van der Waals surface area (Å²) >= 11 is 0. The maximum absolute atomic E-state index is 12.2. The molecule has 2 rings (SSSR count). The first-order valence-electron chi connectivity index (χ1n) is 7.28. The Morgan fingerprint density at radius 2 is 1.95 bits per heavy atom. The number of methoxy groups -OCH3 is 1. The van der Waals surface area contributed by atoms with Gasteiger partial charge in [-0.25, -0.2) is 4.79 Å². The molecular weight excluding hydrogens is 276 g/mol. The van der Waals surface area contributed by atoms with Crippen molar-refractivity contribution in [3.8, 4) is 0 Å². The van der Waals surface area contributed by atoms with E-state index in [1.807, 2.05) is 6.92 Å². The first-order chi connectivity index (χ1) is 9.92. The third kappa shape index (κ3) is 3.46. The van der Waals surface area contributed by atoms with Crippen molar-refractivity contribution in [2.75, 3.05) is 20.2 Å². The number of carbonyl (C=O) groups is 3. The number of urea groups is 1. The van der Waals surface area contributed by atoms with Gasteiger partial charge in [0.05, 0.1) is 18.9 Å². The van der Waals surface area contributed by atoms with Crippen molar-refractivity contribution >= 4 is 18.0 Å². The molecule has 118 valence electrons. The molecule has 1 aliphatic heterocycles. The first kappa shape index (κ1) is 15.6. The minimum absolute atomic E-state index is 0.0681. The molecule has 7 nitrogen and oxygen atoms in total. The fourth-order valence-corrected chi connectivity index (χ4v) is 3.19. The number of nitrogens with one attached hydrogen (secondary N) is 1. The maximum Gasteiger partial charge on any atom is 0.317 e. The Balaban J connectivity index is 1.85. The molecule has 0 spiro atoms. The molecule has 2 aliphatic rings. The highest BCUT2D eigenvalue weighted by molar-refractivity contribution is 5.79. The molecule has 7 heteroatoms. The van der Waals surface area contributed by atoms with Gasteiger partial charge < -0.3 is 20.1 Å². The Morgan fingerprint density at radius 1 is 1.24 bits per heavy atom. The third-order valence-corrected chi connectivity index (χ3v) is 4.51. The van der Waals surface area contributed by atoms with Gasteiger partial charge in [-0.05, 0) is 25.2 Å². The van der Waals surface area contributed by atoms with Crippen LogP contribution in [0.1, 0.15) is 26.2 Å². The summed E-state index contributed by atoms with van der Waals surface area (Å²) in [5.74, 6) is -1.66. The zero-order valence-electron chi connectivity index (χ0n) is 12.4. The van der Waals surface area contributed by atoms with Crippen molar-refractivity contribution in [1.82, 2.24) is 10.2 Å². The molecule has 0 radical (unpaired) electrons. The molecule has 21 heavy (non-hydrogen) atoms. The van der Waals surface area contributed by atoms with Gasteiger partial charge in [-0.15, -0.1) is 0 Å². The smallest absolute Gasteiger partial charge is 0.317 e. The standard InChI is InChI=1S/C14H22N2O5/c1-8-6-16(7-11(8)13(19)21-2)14(20)15-10-4-3-9(5-10)12(17)18/h8-11H,3-7H2,1-2H3,(H,15,20)(H,17,18)/t8?,9-,10+,11?/m1/s1. The summed E-state index contributed by atoms with van der Waals surface area (Å²) in [5, 5.41) is 11.8. The molecule has 0 aromatic carbocycles. The summed E-state index contributed by atoms with van der Waals surface area (Å²) in [6.07, 6.45) is 1.76. The van der Waals surface area contributed by atoms with E-state index in [4.69, 9.17) is 9.84 Å². The molecule has 2 fully saturated rings. The SMILES string of the molecule is COC(=O)C1CN(C(=O)N[C@H]2CC[C@@H](C(=O)O)C2)CC1C.